The van der Waals surface area contributed by atoms with Crippen molar-refractivity contribution >= 4 is 11.3 Å². The van der Waals surface area contributed by atoms with Crippen LogP contribution in [0.15, 0.2) is 29.6 Å². The molecular weight excluding hydrogens is 207 g/mol. The van der Waals surface area contributed by atoms with E-state index in [9.17, 15) is 4.39 Å². The highest BCUT2D eigenvalue weighted by atomic mass is 32.1. The molecule has 0 bridgehead atoms. The standard InChI is InChI=1S/C13H13FS/c1-3-10-4-5-11(14)7-12(10)13-6-9(2)8-15-13/h4-8H,3H2,1-2H3. The van der Waals surface area contributed by atoms with Crippen molar-refractivity contribution < 1.29 is 4.39 Å². The van der Waals surface area contributed by atoms with Crippen molar-refractivity contribution in [1.29, 1.82) is 0 Å². The highest BCUT2D eigenvalue weighted by Gasteiger charge is 2.07. The molecule has 0 aliphatic rings. The fraction of sp³-hybridized carbons (Fsp3) is 0.231. The lowest BCUT2D eigenvalue weighted by Gasteiger charge is -2.05. The van der Waals surface area contributed by atoms with Gasteiger partial charge in [-0.1, -0.05) is 13.0 Å². The zero-order valence-corrected chi connectivity index (χ0v) is 9.70. The van der Waals surface area contributed by atoms with Crippen molar-refractivity contribution in [2.45, 2.75) is 20.3 Å². The number of thiophene rings is 1. The first-order valence-electron chi connectivity index (χ1n) is 5.04. The molecule has 0 radical (unpaired) electrons. The van der Waals surface area contributed by atoms with Gasteiger partial charge in [-0.3, -0.25) is 0 Å². The third-order valence-electron chi connectivity index (χ3n) is 2.45. The van der Waals surface area contributed by atoms with Crippen LogP contribution >= 0.6 is 11.3 Å². The lowest BCUT2D eigenvalue weighted by molar-refractivity contribution is 0.627. The Bertz CT molecular complexity index is 471. The van der Waals surface area contributed by atoms with Crippen molar-refractivity contribution in [1.82, 2.24) is 0 Å². The Morgan fingerprint density at radius 2 is 2.07 bits per heavy atom. The van der Waals surface area contributed by atoms with Crippen LogP contribution in [0, 0.1) is 12.7 Å². The van der Waals surface area contributed by atoms with Gasteiger partial charge in [0.05, 0.1) is 0 Å². The molecule has 0 N–H and O–H groups in total. The van der Waals surface area contributed by atoms with Crippen LogP contribution in [0.2, 0.25) is 0 Å². The molecule has 2 heteroatoms. The van der Waals surface area contributed by atoms with Crippen molar-refractivity contribution in [3.05, 3.63) is 46.6 Å². The number of halogens is 1. The summed E-state index contributed by atoms with van der Waals surface area (Å²) < 4.78 is 13.2. The average Bonchev–Trinajstić information content (AvgIpc) is 2.65. The molecule has 0 atom stereocenters. The highest BCUT2D eigenvalue weighted by molar-refractivity contribution is 7.13. The van der Waals surface area contributed by atoms with Gasteiger partial charge in [0.1, 0.15) is 5.82 Å². The molecule has 0 spiro atoms. The Balaban J connectivity index is 2.55. The molecule has 0 aliphatic heterocycles. The van der Waals surface area contributed by atoms with Gasteiger partial charge in [-0.15, -0.1) is 11.3 Å². The van der Waals surface area contributed by atoms with E-state index in [0.29, 0.717) is 0 Å². The van der Waals surface area contributed by atoms with Crippen molar-refractivity contribution in [2.75, 3.05) is 0 Å². The quantitative estimate of drug-likeness (QED) is 0.702. The predicted octanol–water partition coefficient (Wildman–Crippen LogP) is 4.43. The van der Waals surface area contributed by atoms with Gasteiger partial charge in [0.15, 0.2) is 0 Å². The van der Waals surface area contributed by atoms with Gasteiger partial charge >= 0.3 is 0 Å². The van der Waals surface area contributed by atoms with Gasteiger partial charge in [0.25, 0.3) is 0 Å². The van der Waals surface area contributed by atoms with E-state index < -0.39 is 0 Å². The van der Waals surface area contributed by atoms with Crippen molar-refractivity contribution in [2.24, 2.45) is 0 Å². The molecule has 0 nitrogen and oxygen atoms in total. The molecule has 0 amide bonds. The number of hydrogen-bond donors (Lipinski definition) is 0. The normalized spacial score (nSPS) is 10.6. The zero-order valence-electron chi connectivity index (χ0n) is 8.88. The van der Waals surface area contributed by atoms with Crippen molar-refractivity contribution in [3.63, 3.8) is 0 Å². The molecule has 78 valence electrons. The van der Waals surface area contributed by atoms with E-state index in [1.165, 1.54) is 17.2 Å². The summed E-state index contributed by atoms with van der Waals surface area (Å²) in [6.45, 7) is 4.15. The van der Waals surface area contributed by atoms with Crippen LogP contribution in [0.25, 0.3) is 10.4 Å². The highest BCUT2D eigenvalue weighted by Crippen LogP contribution is 2.30. The van der Waals surface area contributed by atoms with E-state index in [4.69, 9.17) is 0 Å². The maximum atomic E-state index is 13.2. The van der Waals surface area contributed by atoms with E-state index in [-0.39, 0.29) is 5.82 Å². The summed E-state index contributed by atoms with van der Waals surface area (Å²) in [5.41, 5.74) is 3.48. The largest absolute Gasteiger partial charge is 0.207 e. The number of rotatable bonds is 2. The maximum absolute atomic E-state index is 13.2. The minimum atomic E-state index is -0.159. The molecule has 0 fully saturated rings. The first-order valence-corrected chi connectivity index (χ1v) is 5.92. The lowest BCUT2D eigenvalue weighted by Crippen LogP contribution is -1.87. The third kappa shape index (κ3) is 2.10. The van der Waals surface area contributed by atoms with E-state index in [1.807, 2.05) is 6.07 Å². The van der Waals surface area contributed by atoms with E-state index in [0.717, 1.165) is 16.9 Å². The van der Waals surface area contributed by atoms with Crippen LogP contribution in [-0.2, 0) is 6.42 Å². The second kappa shape index (κ2) is 4.15. The number of aryl methyl sites for hydroxylation is 2. The van der Waals surface area contributed by atoms with Crippen LogP contribution in [0.3, 0.4) is 0 Å². The zero-order chi connectivity index (χ0) is 10.8. The smallest absolute Gasteiger partial charge is 0.123 e. The summed E-state index contributed by atoms with van der Waals surface area (Å²) in [6, 6.07) is 7.14. The number of hydrogen-bond acceptors (Lipinski definition) is 1. The minimum Gasteiger partial charge on any atom is -0.207 e. The van der Waals surface area contributed by atoms with Crippen molar-refractivity contribution in [3.8, 4) is 10.4 Å². The second-order valence-electron chi connectivity index (χ2n) is 3.64. The molecule has 1 aromatic heterocycles. The summed E-state index contributed by atoms with van der Waals surface area (Å²) in [6.07, 6.45) is 0.937. The van der Waals surface area contributed by atoms with Gasteiger partial charge in [-0.05, 0) is 53.6 Å². The summed E-state index contributed by atoms with van der Waals surface area (Å²) in [5, 5.41) is 2.10. The molecule has 15 heavy (non-hydrogen) atoms. The fourth-order valence-electron chi connectivity index (χ4n) is 1.66. The van der Waals surface area contributed by atoms with Gasteiger partial charge in [0, 0.05) is 4.88 Å². The van der Waals surface area contributed by atoms with Crippen LogP contribution in [0.4, 0.5) is 4.39 Å². The topological polar surface area (TPSA) is 0 Å². The molecule has 0 saturated carbocycles. The summed E-state index contributed by atoms with van der Waals surface area (Å²) in [7, 11) is 0. The molecular formula is C13H13FS. The molecule has 0 saturated heterocycles. The Labute approximate surface area is 93.4 Å². The van der Waals surface area contributed by atoms with Gasteiger partial charge in [-0.2, -0.15) is 0 Å². The third-order valence-corrected chi connectivity index (χ3v) is 3.53. The van der Waals surface area contributed by atoms with Crippen LogP contribution in [0.5, 0.6) is 0 Å². The summed E-state index contributed by atoms with van der Waals surface area (Å²) in [4.78, 5) is 1.16. The molecule has 1 aromatic carbocycles. The first-order chi connectivity index (χ1) is 7.20. The molecule has 0 aliphatic carbocycles. The van der Waals surface area contributed by atoms with E-state index in [1.54, 1.807) is 17.4 Å². The molecule has 1 heterocycles. The Hall–Kier alpha value is -1.15. The first kappa shape index (κ1) is 10.4. The lowest BCUT2D eigenvalue weighted by atomic mass is 10.0. The molecule has 2 rings (SSSR count). The van der Waals surface area contributed by atoms with Crippen LogP contribution < -0.4 is 0 Å². The Morgan fingerprint density at radius 3 is 2.67 bits per heavy atom. The van der Waals surface area contributed by atoms with Gasteiger partial charge in [0.2, 0.25) is 0 Å². The van der Waals surface area contributed by atoms with E-state index >= 15 is 0 Å². The SMILES string of the molecule is CCc1ccc(F)cc1-c1cc(C)cs1. The average molecular weight is 220 g/mol. The fourth-order valence-corrected chi connectivity index (χ4v) is 2.61. The Kier molecular flexibility index (Phi) is 2.87. The Morgan fingerprint density at radius 1 is 1.27 bits per heavy atom. The van der Waals surface area contributed by atoms with E-state index in [2.05, 4.69) is 25.3 Å². The monoisotopic (exact) mass is 220 g/mol. The minimum absolute atomic E-state index is 0.159. The molecule has 2 aromatic rings. The second-order valence-corrected chi connectivity index (χ2v) is 4.55. The van der Waals surface area contributed by atoms with Gasteiger partial charge < -0.3 is 0 Å². The van der Waals surface area contributed by atoms with Crippen LogP contribution in [0.1, 0.15) is 18.1 Å². The summed E-state index contributed by atoms with van der Waals surface area (Å²) >= 11 is 1.67. The van der Waals surface area contributed by atoms with Gasteiger partial charge in [-0.25, -0.2) is 4.39 Å². The van der Waals surface area contributed by atoms with Crippen LogP contribution in [-0.4, -0.2) is 0 Å². The number of benzene rings is 1. The predicted molar refractivity (Wildman–Crippen MR) is 63.8 cm³/mol. The molecule has 0 unspecified atom stereocenters. The summed E-state index contributed by atoms with van der Waals surface area (Å²) in [5.74, 6) is -0.159. The maximum Gasteiger partial charge on any atom is 0.123 e.